The summed E-state index contributed by atoms with van der Waals surface area (Å²) < 4.78 is 2.65. The van der Waals surface area contributed by atoms with Crippen LogP contribution in [0.3, 0.4) is 0 Å². The molecular formula is C17H17N5O2. The zero-order valence-corrected chi connectivity index (χ0v) is 13.4. The summed E-state index contributed by atoms with van der Waals surface area (Å²) in [5.41, 5.74) is 2.47. The fraction of sp³-hybridized carbons (Fsp3) is 0.176. The number of hydrogen-bond acceptors (Lipinski definition) is 4. The van der Waals surface area contributed by atoms with E-state index in [0.29, 0.717) is 11.5 Å². The molecule has 0 atom stereocenters. The number of benzene rings is 1. The molecule has 24 heavy (non-hydrogen) atoms. The van der Waals surface area contributed by atoms with Gasteiger partial charge in [-0.15, -0.1) is 5.10 Å². The van der Waals surface area contributed by atoms with Crippen molar-refractivity contribution in [1.82, 2.24) is 19.6 Å². The van der Waals surface area contributed by atoms with Crippen molar-refractivity contribution in [3.63, 3.8) is 0 Å². The second-order valence-corrected chi connectivity index (χ2v) is 5.56. The van der Waals surface area contributed by atoms with Gasteiger partial charge in [-0.1, -0.05) is 6.07 Å². The molecule has 3 rings (SSSR count). The number of nitrogens with one attached hydrogen (secondary N) is 1. The van der Waals surface area contributed by atoms with Crippen LogP contribution in [0.2, 0.25) is 0 Å². The van der Waals surface area contributed by atoms with Crippen LogP contribution >= 0.6 is 0 Å². The van der Waals surface area contributed by atoms with E-state index in [1.807, 2.05) is 32.0 Å². The van der Waals surface area contributed by atoms with Gasteiger partial charge in [-0.3, -0.25) is 9.59 Å². The molecule has 0 aliphatic rings. The number of nitrogens with zero attached hydrogens (tertiary/aromatic N) is 4. The van der Waals surface area contributed by atoms with E-state index in [4.69, 9.17) is 0 Å². The number of amides is 1. The van der Waals surface area contributed by atoms with E-state index in [2.05, 4.69) is 15.5 Å². The first-order chi connectivity index (χ1) is 11.5. The zero-order valence-electron chi connectivity index (χ0n) is 13.4. The normalized spacial score (nSPS) is 10.6. The van der Waals surface area contributed by atoms with Crippen LogP contribution in [0.15, 0.2) is 53.6 Å². The molecule has 2 aromatic heterocycles. The quantitative estimate of drug-likeness (QED) is 0.792. The van der Waals surface area contributed by atoms with Crippen LogP contribution in [-0.4, -0.2) is 25.5 Å². The molecule has 2 heterocycles. The van der Waals surface area contributed by atoms with Gasteiger partial charge in [0.15, 0.2) is 5.82 Å². The van der Waals surface area contributed by atoms with Gasteiger partial charge in [0.1, 0.15) is 6.54 Å². The lowest BCUT2D eigenvalue weighted by Gasteiger charge is -2.09. The minimum Gasteiger partial charge on any atom is -0.324 e. The highest BCUT2D eigenvalue weighted by atomic mass is 16.2. The second kappa shape index (κ2) is 6.49. The number of carbonyl (C=O) groups excluding carboxylic acids is 1. The highest BCUT2D eigenvalue weighted by molar-refractivity contribution is 5.90. The van der Waals surface area contributed by atoms with Crippen LogP contribution in [-0.2, 0) is 11.3 Å². The van der Waals surface area contributed by atoms with Gasteiger partial charge in [-0.2, -0.15) is 5.10 Å². The maximum Gasteiger partial charge on any atom is 0.267 e. The minimum absolute atomic E-state index is 0.166. The molecule has 0 radical (unpaired) electrons. The monoisotopic (exact) mass is 323 g/mol. The molecule has 7 nitrogen and oxygen atoms in total. The van der Waals surface area contributed by atoms with Gasteiger partial charge in [0, 0.05) is 24.1 Å². The molecule has 0 fully saturated rings. The third-order valence-electron chi connectivity index (χ3n) is 3.39. The maximum atomic E-state index is 12.2. The lowest BCUT2D eigenvalue weighted by atomic mass is 10.1. The standard InChI is InChI=1S/C17H17N5O2/c1-12-8-13(2)10-14(9-12)19-16(23)11-22-17(24)5-4-15(20-22)21-7-3-6-18-21/h3-10H,11H2,1-2H3,(H,19,23). The van der Waals surface area contributed by atoms with Crippen LogP contribution in [0, 0.1) is 13.8 Å². The van der Waals surface area contributed by atoms with Crippen molar-refractivity contribution in [3.8, 4) is 5.82 Å². The molecule has 0 bridgehead atoms. The van der Waals surface area contributed by atoms with Crippen molar-refractivity contribution >= 4 is 11.6 Å². The van der Waals surface area contributed by atoms with E-state index < -0.39 is 0 Å². The molecule has 0 unspecified atom stereocenters. The van der Waals surface area contributed by atoms with E-state index in [9.17, 15) is 9.59 Å². The fourth-order valence-corrected chi connectivity index (χ4v) is 2.46. The fourth-order valence-electron chi connectivity index (χ4n) is 2.46. The molecule has 1 aromatic carbocycles. The Labute approximate surface area is 138 Å². The number of hydrogen-bond donors (Lipinski definition) is 1. The lowest BCUT2D eigenvalue weighted by molar-refractivity contribution is -0.117. The van der Waals surface area contributed by atoms with E-state index in [1.165, 1.54) is 10.7 Å². The number of anilines is 1. The Hall–Kier alpha value is -3.22. The molecule has 0 saturated heterocycles. The first kappa shape index (κ1) is 15.7. The number of rotatable bonds is 4. The largest absolute Gasteiger partial charge is 0.324 e. The van der Waals surface area contributed by atoms with Crippen LogP contribution in [0.4, 0.5) is 5.69 Å². The average molecular weight is 323 g/mol. The van der Waals surface area contributed by atoms with Crippen molar-refractivity contribution in [1.29, 1.82) is 0 Å². The topological polar surface area (TPSA) is 81.8 Å². The van der Waals surface area contributed by atoms with Gasteiger partial charge < -0.3 is 5.32 Å². The summed E-state index contributed by atoms with van der Waals surface area (Å²) in [4.78, 5) is 24.1. The van der Waals surface area contributed by atoms with Crippen LogP contribution in [0.25, 0.3) is 5.82 Å². The van der Waals surface area contributed by atoms with Crippen LogP contribution in [0.5, 0.6) is 0 Å². The molecule has 0 aliphatic carbocycles. The first-order valence-electron chi connectivity index (χ1n) is 7.47. The Bertz CT molecular complexity index is 908. The molecule has 1 N–H and O–H groups in total. The average Bonchev–Trinajstić information content (AvgIpc) is 3.02. The summed E-state index contributed by atoms with van der Waals surface area (Å²) in [6, 6.07) is 10.5. The molecule has 3 aromatic rings. The highest BCUT2D eigenvalue weighted by Gasteiger charge is 2.09. The molecule has 7 heteroatoms. The smallest absolute Gasteiger partial charge is 0.267 e. The van der Waals surface area contributed by atoms with Crippen molar-refractivity contribution in [2.24, 2.45) is 0 Å². The van der Waals surface area contributed by atoms with Gasteiger partial charge in [-0.05, 0) is 49.2 Å². The zero-order chi connectivity index (χ0) is 17.1. The Morgan fingerprint density at radius 1 is 1.17 bits per heavy atom. The van der Waals surface area contributed by atoms with Gasteiger partial charge in [0.25, 0.3) is 5.56 Å². The summed E-state index contributed by atoms with van der Waals surface area (Å²) in [6.45, 7) is 3.76. The predicted octanol–water partition coefficient (Wildman–Crippen LogP) is 1.68. The summed E-state index contributed by atoms with van der Waals surface area (Å²) in [6.07, 6.45) is 3.33. The third kappa shape index (κ3) is 3.57. The van der Waals surface area contributed by atoms with E-state index in [-0.39, 0.29) is 18.0 Å². The predicted molar refractivity (Wildman–Crippen MR) is 90.2 cm³/mol. The van der Waals surface area contributed by atoms with Gasteiger partial charge in [-0.25, -0.2) is 9.36 Å². The number of carbonyl (C=O) groups is 1. The van der Waals surface area contributed by atoms with Crippen molar-refractivity contribution in [3.05, 3.63) is 70.3 Å². The summed E-state index contributed by atoms with van der Waals surface area (Å²) in [7, 11) is 0. The highest BCUT2D eigenvalue weighted by Crippen LogP contribution is 2.13. The Balaban J connectivity index is 1.79. The molecule has 0 saturated carbocycles. The van der Waals surface area contributed by atoms with E-state index in [0.717, 1.165) is 15.8 Å². The maximum absolute atomic E-state index is 12.2. The van der Waals surface area contributed by atoms with Crippen molar-refractivity contribution in [2.75, 3.05) is 5.32 Å². The lowest BCUT2D eigenvalue weighted by Crippen LogP contribution is -2.30. The summed E-state index contributed by atoms with van der Waals surface area (Å²) in [5, 5.41) is 11.0. The Kier molecular flexibility index (Phi) is 4.24. The molecule has 122 valence electrons. The van der Waals surface area contributed by atoms with Crippen molar-refractivity contribution < 1.29 is 4.79 Å². The van der Waals surface area contributed by atoms with E-state index in [1.54, 1.807) is 24.5 Å². The summed E-state index contributed by atoms with van der Waals surface area (Å²) in [5.74, 6) is 0.158. The van der Waals surface area contributed by atoms with Gasteiger partial charge in [0.05, 0.1) is 0 Å². The number of aromatic nitrogens is 4. The molecule has 1 amide bonds. The van der Waals surface area contributed by atoms with Gasteiger partial charge >= 0.3 is 0 Å². The second-order valence-electron chi connectivity index (χ2n) is 5.56. The molecular weight excluding hydrogens is 306 g/mol. The van der Waals surface area contributed by atoms with Gasteiger partial charge in [0.2, 0.25) is 5.91 Å². The molecule has 0 spiro atoms. The van der Waals surface area contributed by atoms with Crippen molar-refractivity contribution in [2.45, 2.75) is 20.4 Å². The van der Waals surface area contributed by atoms with E-state index >= 15 is 0 Å². The first-order valence-corrected chi connectivity index (χ1v) is 7.47. The van der Waals surface area contributed by atoms with Crippen LogP contribution < -0.4 is 10.9 Å². The Morgan fingerprint density at radius 3 is 2.58 bits per heavy atom. The summed E-state index contributed by atoms with van der Waals surface area (Å²) >= 11 is 0. The Morgan fingerprint density at radius 2 is 1.92 bits per heavy atom. The minimum atomic E-state index is -0.346. The molecule has 0 aliphatic heterocycles. The number of aryl methyl sites for hydroxylation is 2. The van der Waals surface area contributed by atoms with Crippen LogP contribution in [0.1, 0.15) is 11.1 Å². The SMILES string of the molecule is Cc1cc(C)cc(NC(=O)Cn2nc(-n3cccn3)ccc2=O)c1. The third-order valence-corrected chi connectivity index (χ3v) is 3.39.